The molecule has 0 amide bonds. The van der Waals surface area contributed by atoms with Gasteiger partial charge in [-0.2, -0.15) is 0 Å². The summed E-state index contributed by atoms with van der Waals surface area (Å²) in [6.07, 6.45) is 1.66. The molecule has 0 aliphatic carbocycles. The number of aromatic nitrogens is 1. The summed E-state index contributed by atoms with van der Waals surface area (Å²) >= 11 is 0. The number of Topliss-reactive ketones (excluding diaryl/α,β-unsaturated/α-hetero) is 1. The fourth-order valence-corrected chi connectivity index (χ4v) is 2.19. The standard InChI is InChI=1S/C16H12N2O4/c19-16(14-9-17-15-4-2-1-3-13(14)15)10-22-12-7-5-11(6-8-12)18(20)21/h1-9,17H,10H2. The van der Waals surface area contributed by atoms with Crippen molar-refractivity contribution < 1.29 is 14.5 Å². The number of benzene rings is 2. The third kappa shape index (κ3) is 2.67. The molecular weight excluding hydrogens is 284 g/mol. The van der Waals surface area contributed by atoms with Crippen LogP contribution in [0, 0.1) is 10.1 Å². The predicted molar refractivity (Wildman–Crippen MR) is 81.2 cm³/mol. The van der Waals surface area contributed by atoms with Gasteiger partial charge in [0.05, 0.1) is 4.92 Å². The molecule has 0 fully saturated rings. The van der Waals surface area contributed by atoms with E-state index in [1.54, 1.807) is 6.20 Å². The molecule has 0 spiro atoms. The summed E-state index contributed by atoms with van der Waals surface area (Å²) in [7, 11) is 0. The van der Waals surface area contributed by atoms with Gasteiger partial charge < -0.3 is 9.72 Å². The monoisotopic (exact) mass is 296 g/mol. The zero-order valence-corrected chi connectivity index (χ0v) is 11.5. The number of nitro benzene ring substituents is 1. The molecule has 0 aliphatic heterocycles. The lowest BCUT2D eigenvalue weighted by atomic mass is 10.1. The molecule has 0 saturated heterocycles. The van der Waals surface area contributed by atoms with Crippen molar-refractivity contribution in [1.29, 1.82) is 0 Å². The fraction of sp³-hybridized carbons (Fsp3) is 0.0625. The maximum atomic E-state index is 12.2. The second-order valence-corrected chi connectivity index (χ2v) is 4.71. The zero-order valence-electron chi connectivity index (χ0n) is 11.5. The topological polar surface area (TPSA) is 85.2 Å². The molecule has 22 heavy (non-hydrogen) atoms. The Balaban J connectivity index is 1.71. The van der Waals surface area contributed by atoms with Crippen LogP contribution in [0.5, 0.6) is 5.75 Å². The van der Waals surface area contributed by atoms with Gasteiger partial charge in [0.15, 0.2) is 6.61 Å². The third-order valence-corrected chi connectivity index (χ3v) is 3.31. The number of hydrogen-bond donors (Lipinski definition) is 1. The van der Waals surface area contributed by atoms with Gasteiger partial charge in [-0.3, -0.25) is 14.9 Å². The first kappa shape index (κ1) is 13.8. The van der Waals surface area contributed by atoms with E-state index < -0.39 is 4.92 Å². The van der Waals surface area contributed by atoms with Crippen molar-refractivity contribution in [1.82, 2.24) is 4.98 Å². The quantitative estimate of drug-likeness (QED) is 0.444. The Kier molecular flexibility index (Phi) is 3.57. The number of ether oxygens (including phenoxy) is 1. The Morgan fingerprint density at radius 2 is 1.86 bits per heavy atom. The van der Waals surface area contributed by atoms with Crippen LogP contribution < -0.4 is 4.74 Å². The largest absolute Gasteiger partial charge is 0.485 e. The number of ketones is 1. The number of non-ortho nitro benzene ring substituents is 1. The summed E-state index contributed by atoms with van der Waals surface area (Å²) in [6.45, 7) is -0.125. The molecular formula is C16H12N2O4. The summed E-state index contributed by atoms with van der Waals surface area (Å²) in [5, 5.41) is 11.4. The van der Waals surface area contributed by atoms with E-state index in [0.29, 0.717) is 11.3 Å². The number of carbonyl (C=O) groups is 1. The molecule has 0 unspecified atom stereocenters. The van der Waals surface area contributed by atoms with Crippen molar-refractivity contribution in [3.8, 4) is 5.75 Å². The summed E-state index contributed by atoms with van der Waals surface area (Å²) in [6, 6.07) is 13.1. The van der Waals surface area contributed by atoms with Crippen LogP contribution in [-0.2, 0) is 0 Å². The van der Waals surface area contributed by atoms with Gasteiger partial charge in [-0.1, -0.05) is 18.2 Å². The van der Waals surface area contributed by atoms with E-state index in [4.69, 9.17) is 4.74 Å². The van der Waals surface area contributed by atoms with E-state index in [2.05, 4.69) is 4.98 Å². The molecule has 0 bridgehead atoms. The highest BCUT2D eigenvalue weighted by atomic mass is 16.6. The predicted octanol–water partition coefficient (Wildman–Crippen LogP) is 3.34. The van der Waals surface area contributed by atoms with Gasteiger partial charge in [-0.05, 0) is 18.2 Å². The number of carbonyl (C=O) groups excluding carboxylic acids is 1. The number of aromatic amines is 1. The molecule has 6 heteroatoms. The SMILES string of the molecule is O=C(COc1ccc([N+](=O)[O-])cc1)c1c[nH]c2ccccc12. The molecule has 0 saturated carbocycles. The van der Waals surface area contributed by atoms with Gasteiger partial charge >= 0.3 is 0 Å². The summed E-state index contributed by atoms with van der Waals surface area (Å²) < 4.78 is 5.39. The van der Waals surface area contributed by atoms with Crippen molar-refractivity contribution >= 4 is 22.4 Å². The second-order valence-electron chi connectivity index (χ2n) is 4.71. The summed E-state index contributed by atoms with van der Waals surface area (Å²) in [4.78, 5) is 25.3. The van der Waals surface area contributed by atoms with E-state index >= 15 is 0 Å². The Bertz CT molecular complexity index is 837. The molecule has 0 radical (unpaired) electrons. The maximum Gasteiger partial charge on any atom is 0.269 e. The summed E-state index contributed by atoms with van der Waals surface area (Å²) in [5.74, 6) is 0.259. The average Bonchev–Trinajstić information content (AvgIpc) is 2.97. The Labute approximate surface area is 125 Å². The Morgan fingerprint density at radius 1 is 1.14 bits per heavy atom. The highest BCUT2D eigenvalue weighted by molar-refractivity contribution is 6.08. The van der Waals surface area contributed by atoms with Crippen LogP contribution in [0.15, 0.2) is 54.7 Å². The molecule has 110 valence electrons. The molecule has 0 atom stereocenters. The molecule has 2 aromatic carbocycles. The first-order valence-electron chi connectivity index (χ1n) is 6.62. The molecule has 3 rings (SSSR count). The number of rotatable bonds is 5. The molecule has 1 heterocycles. The Hall–Kier alpha value is -3.15. The number of fused-ring (bicyclic) bond motifs is 1. The summed E-state index contributed by atoms with van der Waals surface area (Å²) in [5.41, 5.74) is 1.44. The van der Waals surface area contributed by atoms with E-state index in [1.807, 2.05) is 24.3 Å². The van der Waals surface area contributed by atoms with Gasteiger partial charge in [0.25, 0.3) is 5.69 Å². The first-order valence-corrected chi connectivity index (χ1v) is 6.62. The van der Waals surface area contributed by atoms with Crippen molar-refractivity contribution in [2.24, 2.45) is 0 Å². The highest BCUT2D eigenvalue weighted by Crippen LogP contribution is 2.20. The van der Waals surface area contributed by atoms with Crippen molar-refractivity contribution in [2.45, 2.75) is 0 Å². The smallest absolute Gasteiger partial charge is 0.269 e. The van der Waals surface area contributed by atoms with Crippen LogP contribution in [0.1, 0.15) is 10.4 Å². The first-order chi connectivity index (χ1) is 10.6. The van der Waals surface area contributed by atoms with Crippen LogP contribution in [-0.4, -0.2) is 22.3 Å². The average molecular weight is 296 g/mol. The lowest BCUT2D eigenvalue weighted by molar-refractivity contribution is -0.384. The van der Waals surface area contributed by atoms with Gasteiger partial charge in [-0.25, -0.2) is 0 Å². The van der Waals surface area contributed by atoms with E-state index in [0.717, 1.165) is 10.9 Å². The van der Waals surface area contributed by atoms with E-state index in [9.17, 15) is 14.9 Å². The maximum absolute atomic E-state index is 12.2. The number of nitrogens with zero attached hydrogens (tertiary/aromatic N) is 1. The van der Waals surface area contributed by atoms with Crippen LogP contribution in [0.4, 0.5) is 5.69 Å². The lowest BCUT2D eigenvalue weighted by Gasteiger charge is -2.04. The van der Waals surface area contributed by atoms with Crippen LogP contribution in [0.2, 0.25) is 0 Å². The minimum atomic E-state index is -0.485. The van der Waals surface area contributed by atoms with Crippen LogP contribution in [0.25, 0.3) is 10.9 Å². The zero-order chi connectivity index (χ0) is 15.5. The highest BCUT2D eigenvalue weighted by Gasteiger charge is 2.12. The minimum absolute atomic E-state index is 0.0182. The Morgan fingerprint density at radius 3 is 2.59 bits per heavy atom. The second kappa shape index (κ2) is 5.69. The molecule has 1 N–H and O–H groups in total. The van der Waals surface area contributed by atoms with Crippen molar-refractivity contribution in [3.63, 3.8) is 0 Å². The molecule has 6 nitrogen and oxygen atoms in total. The number of nitro groups is 1. The number of para-hydroxylation sites is 1. The van der Waals surface area contributed by atoms with Gasteiger partial charge in [0, 0.05) is 34.8 Å². The number of hydrogen-bond acceptors (Lipinski definition) is 4. The molecule has 1 aromatic heterocycles. The molecule has 3 aromatic rings. The lowest BCUT2D eigenvalue weighted by Crippen LogP contribution is -2.11. The van der Waals surface area contributed by atoms with Crippen molar-refractivity contribution in [3.05, 3.63) is 70.4 Å². The van der Waals surface area contributed by atoms with Gasteiger partial charge in [0.1, 0.15) is 5.75 Å². The fourth-order valence-electron chi connectivity index (χ4n) is 2.19. The number of nitrogens with one attached hydrogen (secondary N) is 1. The molecule has 0 aliphatic rings. The van der Waals surface area contributed by atoms with Gasteiger partial charge in [0.2, 0.25) is 5.78 Å². The van der Waals surface area contributed by atoms with Crippen LogP contribution >= 0.6 is 0 Å². The number of H-pyrrole nitrogens is 1. The minimum Gasteiger partial charge on any atom is -0.485 e. The van der Waals surface area contributed by atoms with Crippen molar-refractivity contribution in [2.75, 3.05) is 6.61 Å². The third-order valence-electron chi connectivity index (χ3n) is 3.31. The normalized spacial score (nSPS) is 10.5. The van der Waals surface area contributed by atoms with Gasteiger partial charge in [-0.15, -0.1) is 0 Å². The van der Waals surface area contributed by atoms with E-state index in [1.165, 1.54) is 24.3 Å². The van der Waals surface area contributed by atoms with Crippen LogP contribution in [0.3, 0.4) is 0 Å². The van der Waals surface area contributed by atoms with E-state index in [-0.39, 0.29) is 18.1 Å².